The summed E-state index contributed by atoms with van der Waals surface area (Å²) in [5.41, 5.74) is 1.67. The third-order valence-corrected chi connectivity index (χ3v) is 2.86. The summed E-state index contributed by atoms with van der Waals surface area (Å²) in [5.74, 6) is 0.657. The second-order valence-corrected chi connectivity index (χ2v) is 4.63. The maximum atomic E-state index is 12.2. The van der Waals surface area contributed by atoms with Gasteiger partial charge in [-0.1, -0.05) is 13.8 Å². The van der Waals surface area contributed by atoms with Crippen LogP contribution in [0.1, 0.15) is 26.5 Å². The molecule has 90 valence electrons. The highest BCUT2D eigenvalue weighted by molar-refractivity contribution is 6.14. The van der Waals surface area contributed by atoms with E-state index in [1.165, 1.54) is 11.3 Å². The molecule has 17 heavy (non-hydrogen) atoms. The number of carbonyl (C=O) groups is 1. The Morgan fingerprint density at radius 3 is 2.53 bits per heavy atom. The third-order valence-electron chi connectivity index (χ3n) is 2.86. The second kappa shape index (κ2) is 4.24. The van der Waals surface area contributed by atoms with Gasteiger partial charge in [-0.15, -0.1) is 0 Å². The van der Waals surface area contributed by atoms with Crippen LogP contribution >= 0.6 is 0 Å². The zero-order valence-corrected chi connectivity index (χ0v) is 10.5. The maximum Gasteiger partial charge on any atom is 0.257 e. The SMILES string of the molecule is CC1=NN(c2cc(C)ncn2)C(=O)C1C(C)C. The number of aryl methyl sites for hydroxylation is 1. The Labute approximate surface area is 101 Å². The summed E-state index contributed by atoms with van der Waals surface area (Å²) in [6.07, 6.45) is 1.45. The molecule has 1 unspecified atom stereocenters. The number of amides is 1. The molecule has 1 aromatic rings. The molecule has 0 N–H and O–H groups in total. The van der Waals surface area contributed by atoms with Crippen LogP contribution in [-0.4, -0.2) is 21.6 Å². The Morgan fingerprint density at radius 2 is 2.00 bits per heavy atom. The lowest BCUT2D eigenvalue weighted by Crippen LogP contribution is -2.30. The van der Waals surface area contributed by atoms with Crippen molar-refractivity contribution in [2.45, 2.75) is 27.7 Å². The monoisotopic (exact) mass is 232 g/mol. The summed E-state index contributed by atoms with van der Waals surface area (Å²) < 4.78 is 0. The first-order valence-corrected chi connectivity index (χ1v) is 5.68. The van der Waals surface area contributed by atoms with E-state index in [-0.39, 0.29) is 17.7 Å². The molecule has 2 heterocycles. The Kier molecular flexibility index (Phi) is 2.92. The van der Waals surface area contributed by atoms with E-state index in [1.54, 1.807) is 6.07 Å². The van der Waals surface area contributed by atoms with E-state index in [0.29, 0.717) is 5.82 Å². The van der Waals surface area contributed by atoms with Crippen LogP contribution in [0.15, 0.2) is 17.5 Å². The van der Waals surface area contributed by atoms with Crippen molar-refractivity contribution >= 4 is 17.4 Å². The molecule has 0 fully saturated rings. The molecule has 5 nitrogen and oxygen atoms in total. The molecule has 0 saturated carbocycles. The number of aromatic nitrogens is 2. The van der Waals surface area contributed by atoms with Crippen molar-refractivity contribution in [1.82, 2.24) is 9.97 Å². The fraction of sp³-hybridized carbons (Fsp3) is 0.500. The lowest BCUT2D eigenvalue weighted by molar-refractivity contribution is -0.120. The molecule has 0 aliphatic carbocycles. The van der Waals surface area contributed by atoms with Gasteiger partial charge in [-0.2, -0.15) is 10.1 Å². The molecule has 1 aliphatic rings. The largest absolute Gasteiger partial charge is 0.272 e. The molecule has 1 amide bonds. The summed E-state index contributed by atoms with van der Waals surface area (Å²) in [4.78, 5) is 20.3. The number of nitrogens with zero attached hydrogens (tertiary/aromatic N) is 4. The Hall–Kier alpha value is -1.78. The molecule has 0 aromatic carbocycles. The standard InChI is InChI=1S/C12H16N4O/c1-7(2)11-9(4)15-16(12(11)17)10-5-8(3)13-6-14-10/h5-7,11H,1-4H3. The van der Waals surface area contributed by atoms with Gasteiger partial charge in [0.2, 0.25) is 0 Å². The highest BCUT2D eigenvalue weighted by atomic mass is 16.2. The molecule has 2 rings (SSSR count). The van der Waals surface area contributed by atoms with Gasteiger partial charge in [0.25, 0.3) is 5.91 Å². The predicted octanol–water partition coefficient (Wildman–Crippen LogP) is 1.78. The maximum absolute atomic E-state index is 12.2. The number of carbonyl (C=O) groups excluding carboxylic acids is 1. The van der Waals surface area contributed by atoms with Crippen molar-refractivity contribution in [3.63, 3.8) is 0 Å². The molecule has 0 spiro atoms. The lowest BCUT2D eigenvalue weighted by Gasteiger charge is -2.15. The van der Waals surface area contributed by atoms with Crippen LogP contribution in [0.5, 0.6) is 0 Å². The third kappa shape index (κ3) is 2.05. The molecule has 0 saturated heterocycles. The van der Waals surface area contributed by atoms with E-state index in [0.717, 1.165) is 11.4 Å². The van der Waals surface area contributed by atoms with Crippen LogP contribution in [0.25, 0.3) is 0 Å². The van der Waals surface area contributed by atoms with Gasteiger partial charge in [-0.25, -0.2) is 9.97 Å². The van der Waals surface area contributed by atoms with Crippen molar-refractivity contribution in [3.05, 3.63) is 18.1 Å². The van der Waals surface area contributed by atoms with E-state index < -0.39 is 0 Å². The van der Waals surface area contributed by atoms with Crippen molar-refractivity contribution in [3.8, 4) is 0 Å². The van der Waals surface area contributed by atoms with Crippen LogP contribution in [0.4, 0.5) is 5.82 Å². The molecule has 1 aromatic heterocycles. The quantitative estimate of drug-likeness (QED) is 0.781. The molecule has 0 bridgehead atoms. The zero-order valence-electron chi connectivity index (χ0n) is 10.5. The van der Waals surface area contributed by atoms with Crippen LogP contribution in [0, 0.1) is 18.8 Å². The van der Waals surface area contributed by atoms with Gasteiger partial charge in [0.15, 0.2) is 5.82 Å². The highest BCUT2D eigenvalue weighted by Crippen LogP contribution is 2.26. The highest BCUT2D eigenvalue weighted by Gasteiger charge is 2.36. The van der Waals surface area contributed by atoms with Crippen molar-refractivity contribution in [2.75, 3.05) is 5.01 Å². The van der Waals surface area contributed by atoms with E-state index in [1.807, 2.05) is 27.7 Å². The summed E-state index contributed by atoms with van der Waals surface area (Å²) in [7, 11) is 0. The first-order valence-electron chi connectivity index (χ1n) is 5.68. The minimum atomic E-state index is -0.134. The van der Waals surface area contributed by atoms with Gasteiger partial charge >= 0.3 is 0 Å². The fourth-order valence-electron chi connectivity index (χ4n) is 2.07. The molecule has 1 atom stereocenters. The van der Waals surface area contributed by atoms with Gasteiger partial charge in [0.1, 0.15) is 6.33 Å². The number of rotatable bonds is 2. The Balaban J connectivity index is 2.34. The van der Waals surface area contributed by atoms with Crippen molar-refractivity contribution < 1.29 is 4.79 Å². The van der Waals surface area contributed by atoms with Gasteiger partial charge in [0, 0.05) is 17.5 Å². The lowest BCUT2D eigenvalue weighted by atomic mass is 9.92. The zero-order chi connectivity index (χ0) is 12.6. The summed E-state index contributed by atoms with van der Waals surface area (Å²) in [6, 6.07) is 1.76. The van der Waals surface area contributed by atoms with Gasteiger partial charge in [-0.05, 0) is 19.8 Å². The topological polar surface area (TPSA) is 58.5 Å². The number of anilines is 1. The predicted molar refractivity (Wildman–Crippen MR) is 65.7 cm³/mol. The smallest absolute Gasteiger partial charge is 0.257 e. The van der Waals surface area contributed by atoms with E-state index in [4.69, 9.17) is 0 Å². The number of hydrogen-bond donors (Lipinski definition) is 0. The summed E-state index contributed by atoms with van der Waals surface area (Å²) in [5, 5.41) is 5.68. The average molecular weight is 232 g/mol. The average Bonchev–Trinajstić information content (AvgIpc) is 2.54. The molecule has 5 heteroatoms. The molecular formula is C12H16N4O. The van der Waals surface area contributed by atoms with Gasteiger partial charge in [-0.3, -0.25) is 4.79 Å². The van der Waals surface area contributed by atoms with Crippen molar-refractivity contribution in [1.29, 1.82) is 0 Å². The van der Waals surface area contributed by atoms with Crippen LogP contribution in [-0.2, 0) is 4.79 Å². The Bertz CT molecular complexity index is 481. The number of hydrazone groups is 1. The van der Waals surface area contributed by atoms with Gasteiger partial charge < -0.3 is 0 Å². The van der Waals surface area contributed by atoms with Crippen LogP contribution in [0.2, 0.25) is 0 Å². The molecule has 1 aliphatic heterocycles. The second-order valence-electron chi connectivity index (χ2n) is 4.63. The first kappa shape index (κ1) is 11.7. The van der Waals surface area contributed by atoms with E-state index >= 15 is 0 Å². The molecular weight excluding hydrogens is 216 g/mol. The number of hydrogen-bond acceptors (Lipinski definition) is 4. The normalized spacial score (nSPS) is 20.1. The minimum absolute atomic E-state index is 0.00407. The summed E-state index contributed by atoms with van der Waals surface area (Å²) >= 11 is 0. The van der Waals surface area contributed by atoms with Gasteiger partial charge in [0.05, 0.1) is 5.92 Å². The molecule has 0 radical (unpaired) electrons. The minimum Gasteiger partial charge on any atom is -0.272 e. The first-order chi connectivity index (χ1) is 8.00. The van der Waals surface area contributed by atoms with Crippen molar-refractivity contribution in [2.24, 2.45) is 16.9 Å². The fourth-order valence-corrected chi connectivity index (χ4v) is 2.07. The van der Waals surface area contributed by atoms with E-state index in [9.17, 15) is 4.79 Å². The van der Waals surface area contributed by atoms with Crippen LogP contribution < -0.4 is 5.01 Å². The Morgan fingerprint density at radius 1 is 1.29 bits per heavy atom. The summed E-state index contributed by atoms with van der Waals surface area (Å²) in [6.45, 7) is 7.80. The van der Waals surface area contributed by atoms with E-state index in [2.05, 4.69) is 15.1 Å². The van der Waals surface area contributed by atoms with Crippen LogP contribution in [0.3, 0.4) is 0 Å².